The molecule has 2 unspecified atom stereocenters. The van der Waals surface area contributed by atoms with E-state index >= 15 is 0 Å². The van der Waals surface area contributed by atoms with Gasteiger partial charge >= 0.3 is 5.97 Å². The molecule has 1 aliphatic rings. The van der Waals surface area contributed by atoms with Gasteiger partial charge in [-0.25, -0.2) is 4.39 Å². The molecule has 0 bridgehead atoms. The van der Waals surface area contributed by atoms with Gasteiger partial charge in [-0.3, -0.25) is 4.79 Å². The van der Waals surface area contributed by atoms with Gasteiger partial charge in [0.25, 0.3) is 0 Å². The second kappa shape index (κ2) is 7.27. The molecule has 5 heteroatoms. The molecule has 1 aromatic rings. The van der Waals surface area contributed by atoms with Crippen LogP contribution in [0.5, 0.6) is 0 Å². The SMILES string of the molecule is CNC1(C(=O)OC)CCCC1CCSc1ccc(F)cc1. The van der Waals surface area contributed by atoms with Crippen LogP contribution in [0.1, 0.15) is 25.7 Å². The van der Waals surface area contributed by atoms with Crippen LogP contribution in [0.25, 0.3) is 0 Å². The molecule has 2 rings (SSSR count). The van der Waals surface area contributed by atoms with Crippen molar-refractivity contribution in [3.63, 3.8) is 0 Å². The summed E-state index contributed by atoms with van der Waals surface area (Å²) < 4.78 is 17.8. The molecule has 0 heterocycles. The Morgan fingerprint density at radius 2 is 2.19 bits per heavy atom. The van der Waals surface area contributed by atoms with Crippen LogP contribution in [0, 0.1) is 11.7 Å². The zero-order chi connectivity index (χ0) is 15.3. The van der Waals surface area contributed by atoms with E-state index in [0.29, 0.717) is 5.92 Å². The number of likely N-dealkylation sites (N-methyl/N-ethyl adjacent to an activating group) is 1. The quantitative estimate of drug-likeness (QED) is 0.646. The Morgan fingerprint density at radius 1 is 1.48 bits per heavy atom. The number of esters is 1. The first-order chi connectivity index (χ1) is 10.1. The first-order valence-corrected chi connectivity index (χ1v) is 8.26. The number of halogens is 1. The molecule has 1 aliphatic carbocycles. The minimum absolute atomic E-state index is 0.153. The van der Waals surface area contributed by atoms with Crippen molar-refractivity contribution in [2.24, 2.45) is 5.92 Å². The lowest BCUT2D eigenvalue weighted by molar-refractivity contribution is -0.150. The Balaban J connectivity index is 1.92. The fourth-order valence-electron chi connectivity index (χ4n) is 3.20. The van der Waals surface area contributed by atoms with Crippen LogP contribution < -0.4 is 5.32 Å². The summed E-state index contributed by atoms with van der Waals surface area (Å²) >= 11 is 1.70. The van der Waals surface area contributed by atoms with Gasteiger partial charge in [0.05, 0.1) is 7.11 Å². The first kappa shape index (κ1) is 16.3. The molecule has 1 N–H and O–H groups in total. The van der Waals surface area contributed by atoms with E-state index in [-0.39, 0.29) is 11.8 Å². The number of ether oxygens (including phenoxy) is 1. The third-order valence-electron chi connectivity index (χ3n) is 4.37. The van der Waals surface area contributed by atoms with Crippen LogP contribution in [0.4, 0.5) is 4.39 Å². The number of rotatable bonds is 6. The Kier molecular flexibility index (Phi) is 5.65. The van der Waals surface area contributed by atoms with Crippen molar-refractivity contribution in [3.8, 4) is 0 Å². The van der Waals surface area contributed by atoms with Crippen LogP contribution >= 0.6 is 11.8 Å². The van der Waals surface area contributed by atoms with Gasteiger partial charge in [-0.1, -0.05) is 6.42 Å². The summed E-state index contributed by atoms with van der Waals surface area (Å²) in [7, 11) is 3.28. The highest BCUT2D eigenvalue weighted by Gasteiger charge is 2.48. The van der Waals surface area contributed by atoms with Crippen LogP contribution in [0.3, 0.4) is 0 Å². The van der Waals surface area contributed by atoms with Gasteiger partial charge in [0, 0.05) is 4.90 Å². The number of methoxy groups -OCH3 is 1. The molecule has 2 atom stereocenters. The number of hydrogen-bond acceptors (Lipinski definition) is 4. The molecule has 0 spiro atoms. The van der Waals surface area contributed by atoms with Gasteiger partial charge in [0.2, 0.25) is 0 Å². The van der Waals surface area contributed by atoms with Gasteiger partial charge in [0.1, 0.15) is 11.4 Å². The largest absolute Gasteiger partial charge is 0.468 e. The summed E-state index contributed by atoms with van der Waals surface area (Å²) in [5, 5.41) is 3.20. The maximum absolute atomic E-state index is 12.9. The summed E-state index contributed by atoms with van der Waals surface area (Å²) in [6.45, 7) is 0. The molecular weight excluding hydrogens is 289 g/mol. The van der Waals surface area contributed by atoms with Crippen molar-refractivity contribution < 1.29 is 13.9 Å². The Bertz CT molecular complexity index is 480. The van der Waals surface area contributed by atoms with E-state index in [1.165, 1.54) is 19.2 Å². The summed E-state index contributed by atoms with van der Waals surface area (Å²) in [6.07, 6.45) is 3.86. The van der Waals surface area contributed by atoms with E-state index in [2.05, 4.69) is 5.32 Å². The molecule has 1 saturated carbocycles. The van der Waals surface area contributed by atoms with Crippen molar-refractivity contribution in [2.45, 2.75) is 36.1 Å². The zero-order valence-electron chi connectivity index (χ0n) is 12.5. The van der Waals surface area contributed by atoms with Gasteiger partial charge < -0.3 is 10.1 Å². The Hall–Kier alpha value is -1.07. The average Bonchev–Trinajstić information content (AvgIpc) is 2.92. The second-order valence-corrected chi connectivity index (χ2v) is 6.56. The zero-order valence-corrected chi connectivity index (χ0v) is 13.3. The maximum atomic E-state index is 12.9. The van der Waals surface area contributed by atoms with Crippen molar-refractivity contribution in [3.05, 3.63) is 30.1 Å². The van der Waals surface area contributed by atoms with E-state index in [9.17, 15) is 9.18 Å². The minimum Gasteiger partial charge on any atom is -0.468 e. The fourth-order valence-corrected chi connectivity index (χ4v) is 4.17. The highest BCUT2D eigenvalue weighted by Crippen LogP contribution is 2.39. The van der Waals surface area contributed by atoms with Crippen molar-refractivity contribution in [1.29, 1.82) is 0 Å². The molecule has 1 fully saturated rings. The lowest BCUT2D eigenvalue weighted by atomic mass is 9.85. The number of thioether (sulfide) groups is 1. The van der Waals surface area contributed by atoms with E-state index in [4.69, 9.17) is 4.74 Å². The number of hydrogen-bond donors (Lipinski definition) is 1. The smallest absolute Gasteiger partial charge is 0.326 e. The van der Waals surface area contributed by atoms with Crippen molar-refractivity contribution >= 4 is 17.7 Å². The van der Waals surface area contributed by atoms with Crippen LogP contribution in [-0.4, -0.2) is 31.4 Å². The predicted molar refractivity (Wildman–Crippen MR) is 82.9 cm³/mol. The molecule has 116 valence electrons. The lowest BCUT2D eigenvalue weighted by Crippen LogP contribution is -2.53. The number of carbonyl (C=O) groups excluding carboxylic acids is 1. The van der Waals surface area contributed by atoms with E-state index in [1.54, 1.807) is 23.9 Å². The topological polar surface area (TPSA) is 38.3 Å². The third-order valence-corrected chi connectivity index (χ3v) is 5.41. The molecule has 21 heavy (non-hydrogen) atoms. The molecule has 0 amide bonds. The summed E-state index contributed by atoms with van der Waals surface area (Å²) in [4.78, 5) is 13.2. The van der Waals surface area contributed by atoms with Crippen LogP contribution in [0.15, 0.2) is 29.2 Å². The monoisotopic (exact) mass is 311 g/mol. The molecular formula is C16H22FNO2S. The fraction of sp³-hybridized carbons (Fsp3) is 0.562. The van der Waals surface area contributed by atoms with Gasteiger partial charge in [-0.05, 0) is 62.2 Å². The average molecular weight is 311 g/mol. The lowest BCUT2D eigenvalue weighted by Gasteiger charge is -2.32. The molecule has 1 aromatic carbocycles. The van der Waals surface area contributed by atoms with Crippen LogP contribution in [0.2, 0.25) is 0 Å². The van der Waals surface area contributed by atoms with E-state index in [0.717, 1.165) is 36.3 Å². The maximum Gasteiger partial charge on any atom is 0.326 e. The van der Waals surface area contributed by atoms with Crippen LogP contribution in [-0.2, 0) is 9.53 Å². The Morgan fingerprint density at radius 3 is 2.81 bits per heavy atom. The predicted octanol–water partition coefficient (Wildman–Crippen LogP) is 3.24. The standard InChI is InChI=1S/C16H22FNO2S/c1-18-16(15(19)20-2)10-3-4-12(16)9-11-21-14-7-5-13(17)6-8-14/h5-8,12,18H,3-4,9-11H2,1-2H3. The number of nitrogens with one attached hydrogen (secondary N) is 1. The van der Waals surface area contributed by atoms with Gasteiger partial charge in [0.15, 0.2) is 0 Å². The highest BCUT2D eigenvalue weighted by atomic mass is 32.2. The third kappa shape index (κ3) is 3.58. The summed E-state index contributed by atoms with van der Waals surface area (Å²) in [5.41, 5.74) is -0.530. The molecule has 0 saturated heterocycles. The second-order valence-electron chi connectivity index (χ2n) is 5.39. The van der Waals surface area contributed by atoms with E-state index in [1.807, 2.05) is 7.05 Å². The van der Waals surface area contributed by atoms with Gasteiger partial charge in [-0.15, -0.1) is 11.8 Å². The summed E-state index contributed by atoms with van der Waals surface area (Å²) in [5.74, 6) is 0.841. The normalized spacial score (nSPS) is 25.0. The van der Waals surface area contributed by atoms with Crippen molar-refractivity contribution in [1.82, 2.24) is 5.32 Å². The molecule has 0 radical (unpaired) electrons. The van der Waals surface area contributed by atoms with E-state index < -0.39 is 5.54 Å². The minimum atomic E-state index is -0.530. The first-order valence-electron chi connectivity index (χ1n) is 7.28. The summed E-state index contributed by atoms with van der Waals surface area (Å²) in [6, 6.07) is 6.54. The highest BCUT2D eigenvalue weighted by molar-refractivity contribution is 7.99. The molecule has 3 nitrogen and oxygen atoms in total. The van der Waals surface area contributed by atoms with Gasteiger partial charge in [-0.2, -0.15) is 0 Å². The molecule has 0 aliphatic heterocycles. The number of benzene rings is 1. The molecule has 0 aromatic heterocycles. The van der Waals surface area contributed by atoms with Crippen molar-refractivity contribution in [2.75, 3.05) is 19.9 Å². The Labute approximate surface area is 129 Å². The number of carbonyl (C=O) groups is 1.